The van der Waals surface area contributed by atoms with Gasteiger partial charge in [-0.3, -0.25) is 0 Å². The second kappa shape index (κ2) is 3.68. The average Bonchev–Trinajstić information content (AvgIpc) is 2.35. The van der Waals surface area contributed by atoms with Gasteiger partial charge in [-0.25, -0.2) is 0 Å². The summed E-state index contributed by atoms with van der Waals surface area (Å²) in [6, 6.07) is 0. The lowest BCUT2D eigenvalue weighted by Crippen LogP contribution is -2.25. The maximum absolute atomic E-state index is 5.64. The molecule has 0 radical (unpaired) electrons. The van der Waals surface area contributed by atoms with Gasteiger partial charge in [-0.15, -0.1) is 10.2 Å². The van der Waals surface area contributed by atoms with E-state index >= 15 is 0 Å². The molecule has 1 heterocycles. The fourth-order valence-electron chi connectivity index (χ4n) is 0.741. The summed E-state index contributed by atoms with van der Waals surface area (Å²) in [5, 5.41) is 8.53. The summed E-state index contributed by atoms with van der Waals surface area (Å²) in [6.45, 7) is 4.00. The molecule has 0 aromatic carbocycles. The van der Waals surface area contributed by atoms with Crippen molar-refractivity contribution in [1.29, 1.82) is 0 Å². The lowest BCUT2D eigenvalue weighted by atomic mass is 10.1. The molecule has 0 saturated carbocycles. The number of rotatable bonds is 3. The Morgan fingerprint density at radius 1 is 1.50 bits per heavy atom. The first-order valence-electron chi connectivity index (χ1n) is 3.56. The Kier molecular flexibility index (Phi) is 3.04. The Labute approximate surface area is 80.7 Å². The molecule has 0 fully saturated rings. The number of hydrogen-bond donors (Lipinski definition) is 0. The zero-order valence-corrected chi connectivity index (χ0v) is 8.87. The molecule has 1 aromatic rings. The van der Waals surface area contributed by atoms with Crippen molar-refractivity contribution in [3.8, 4) is 0 Å². The van der Waals surface area contributed by atoms with Crippen LogP contribution in [0.4, 0.5) is 0 Å². The van der Waals surface area contributed by atoms with E-state index in [4.69, 9.17) is 16.3 Å². The van der Waals surface area contributed by atoms with Gasteiger partial charge in [-0.2, -0.15) is 0 Å². The predicted octanol–water partition coefficient (Wildman–Crippen LogP) is 2.16. The monoisotopic (exact) mass is 206 g/mol. The largest absolute Gasteiger partial charge is 0.378 e. The first kappa shape index (κ1) is 9.89. The molecule has 0 amide bonds. The van der Waals surface area contributed by atoms with Gasteiger partial charge >= 0.3 is 0 Å². The van der Waals surface area contributed by atoms with Crippen molar-refractivity contribution in [2.24, 2.45) is 0 Å². The van der Waals surface area contributed by atoms with Gasteiger partial charge in [0, 0.05) is 13.5 Å². The smallest absolute Gasteiger partial charge is 0.207 e. The van der Waals surface area contributed by atoms with Gasteiger partial charge in [0.05, 0.1) is 5.60 Å². The van der Waals surface area contributed by atoms with Crippen molar-refractivity contribution < 1.29 is 4.74 Å². The summed E-state index contributed by atoms with van der Waals surface area (Å²) >= 11 is 7.03. The summed E-state index contributed by atoms with van der Waals surface area (Å²) in [6.07, 6.45) is 0.744. The van der Waals surface area contributed by atoms with Crippen LogP contribution < -0.4 is 0 Å². The molecule has 68 valence electrons. The summed E-state index contributed by atoms with van der Waals surface area (Å²) in [5.41, 5.74) is -0.192. The van der Waals surface area contributed by atoms with Gasteiger partial charge in [0.2, 0.25) is 4.47 Å². The van der Waals surface area contributed by atoms with Crippen LogP contribution in [-0.4, -0.2) is 22.9 Å². The van der Waals surface area contributed by atoms with Crippen LogP contribution in [0.2, 0.25) is 4.47 Å². The van der Waals surface area contributed by atoms with Gasteiger partial charge in [-0.1, -0.05) is 11.3 Å². The Hall–Kier alpha value is -0.190. The van der Waals surface area contributed by atoms with Crippen molar-refractivity contribution in [2.75, 3.05) is 7.11 Å². The fraction of sp³-hybridized carbons (Fsp3) is 0.714. The Balaban J connectivity index is 2.63. The van der Waals surface area contributed by atoms with Crippen LogP contribution in [0, 0.1) is 0 Å². The first-order valence-corrected chi connectivity index (χ1v) is 4.76. The minimum absolute atomic E-state index is 0.192. The zero-order valence-electron chi connectivity index (χ0n) is 7.30. The Morgan fingerprint density at radius 3 is 2.58 bits per heavy atom. The molecule has 0 bridgehead atoms. The van der Waals surface area contributed by atoms with Crippen LogP contribution in [-0.2, 0) is 11.2 Å². The highest BCUT2D eigenvalue weighted by atomic mass is 35.5. The molecule has 0 aliphatic rings. The summed E-state index contributed by atoms with van der Waals surface area (Å²) in [5.74, 6) is 0. The highest BCUT2D eigenvalue weighted by Crippen LogP contribution is 2.21. The first-order chi connectivity index (χ1) is 5.53. The molecule has 5 heteroatoms. The SMILES string of the molecule is COC(C)(C)Cc1nnc(Cl)s1. The maximum atomic E-state index is 5.64. The van der Waals surface area contributed by atoms with Crippen molar-refractivity contribution in [1.82, 2.24) is 10.2 Å². The van der Waals surface area contributed by atoms with E-state index in [1.807, 2.05) is 13.8 Å². The van der Waals surface area contributed by atoms with E-state index in [1.165, 1.54) is 11.3 Å². The third kappa shape index (κ3) is 2.69. The van der Waals surface area contributed by atoms with Gasteiger partial charge in [-0.05, 0) is 25.4 Å². The molecule has 0 aliphatic heterocycles. The lowest BCUT2D eigenvalue weighted by Gasteiger charge is -2.20. The molecule has 12 heavy (non-hydrogen) atoms. The summed E-state index contributed by atoms with van der Waals surface area (Å²) in [7, 11) is 1.68. The standard InChI is InChI=1S/C7H11ClN2OS/c1-7(2,11-3)4-5-9-10-6(8)12-5/h4H2,1-3H3. The minimum atomic E-state index is -0.192. The van der Waals surface area contributed by atoms with Crippen molar-refractivity contribution in [3.05, 3.63) is 9.47 Å². The lowest BCUT2D eigenvalue weighted by molar-refractivity contribution is 0.0230. The van der Waals surface area contributed by atoms with Crippen LogP contribution in [0.15, 0.2) is 0 Å². The molecular weight excluding hydrogens is 196 g/mol. The third-order valence-electron chi connectivity index (χ3n) is 1.57. The number of halogens is 1. The summed E-state index contributed by atoms with van der Waals surface area (Å²) < 4.78 is 5.73. The molecular formula is C7H11ClN2OS. The quantitative estimate of drug-likeness (QED) is 0.760. The molecule has 0 N–H and O–H groups in total. The summed E-state index contributed by atoms with van der Waals surface area (Å²) in [4.78, 5) is 0. The highest BCUT2D eigenvalue weighted by Gasteiger charge is 2.19. The topological polar surface area (TPSA) is 35.0 Å². The molecule has 0 aliphatic carbocycles. The number of ether oxygens (including phenoxy) is 1. The van der Waals surface area contributed by atoms with Crippen molar-refractivity contribution in [3.63, 3.8) is 0 Å². The van der Waals surface area contributed by atoms with E-state index in [0.717, 1.165) is 11.4 Å². The molecule has 0 saturated heterocycles. The van der Waals surface area contributed by atoms with Crippen LogP contribution >= 0.6 is 22.9 Å². The van der Waals surface area contributed by atoms with E-state index in [1.54, 1.807) is 7.11 Å². The Bertz CT molecular complexity index is 262. The third-order valence-corrected chi connectivity index (χ3v) is 2.59. The van der Waals surface area contributed by atoms with Crippen LogP contribution in [0.1, 0.15) is 18.9 Å². The molecule has 0 atom stereocenters. The van der Waals surface area contributed by atoms with E-state index in [9.17, 15) is 0 Å². The molecule has 0 unspecified atom stereocenters. The minimum Gasteiger partial charge on any atom is -0.378 e. The highest BCUT2D eigenvalue weighted by molar-refractivity contribution is 7.15. The molecule has 3 nitrogen and oxygen atoms in total. The molecule has 1 aromatic heterocycles. The van der Waals surface area contributed by atoms with Crippen LogP contribution in [0.5, 0.6) is 0 Å². The van der Waals surface area contributed by atoms with E-state index < -0.39 is 0 Å². The maximum Gasteiger partial charge on any atom is 0.207 e. The van der Waals surface area contributed by atoms with E-state index in [2.05, 4.69) is 10.2 Å². The van der Waals surface area contributed by atoms with Crippen molar-refractivity contribution in [2.45, 2.75) is 25.9 Å². The number of methoxy groups -OCH3 is 1. The van der Waals surface area contributed by atoms with E-state index in [-0.39, 0.29) is 5.60 Å². The second-order valence-corrected chi connectivity index (χ2v) is 4.73. The van der Waals surface area contributed by atoms with Gasteiger partial charge < -0.3 is 4.74 Å². The second-order valence-electron chi connectivity index (χ2n) is 3.09. The normalized spacial score (nSPS) is 12.0. The molecule has 0 spiro atoms. The number of hydrogen-bond acceptors (Lipinski definition) is 4. The Morgan fingerprint density at radius 2 is 2.17 bits per heavy atom. The fourth-order valence-corrected chi connectivity index (χ4v) is 1.82. The van der Waals surface area contributed by atoms with Crippen molar-refractivity contribution >= 4 is 22.9 Å². The molecule has 1 rings (SSSR count). The van der Waals surface area contributed by atoms with Crippen LogP contribution in [0.25, 0.3) is 0 Å². The van der Waals surface area contributed by atoms with Gasteiger partial charge in [0.25, 0.3) is 0 Å². The predicted molar refractivity (Wildman–Crippen MR) is 49.7 cm³/mol. The number of aromatic nitrogens is 2. The van der Waals surface area contributed by atoms with E-state index in [0.29, 0.717) is 4.47 Å². The number of nitrogens with zero attached hydrogens (tertiary/aromatic N) is 2. The average molecular weight is 207 g/mol. The van der Waals surface area contributed by atoms with Gasteiger partial charge in [0.15, 0.2) is 0 Å². The van der Waals surface area contributed by atoms with Crippen LogP contribution in [0.3, 0.4) is 0 Å². The zero-order chi connectivity index (χ0) is 9.19. The van der Waals surface area contributed by atoms with Gasteiger partial charge in [0.1, 0.15) is 5.01 Å².